The van der Waals surface area contributed by atoms with E-state index in [9.17, 15) is 4.79 Å². The van der Waals surface area contributed by atoms with Crippen molar-refractivity contribution in [2.75, 3.05) is 11.4 Å². The Balaban J connectivity index is 3.03. The van der Waals surface area contributed by atoms with Crippen molar-refractivity contribution in [2.24, 2.45) is 5.92 Å². The topological polar surface area (TPSA) is 40.5 Å². The van der Waals surface area contributed by atoms with Crippen LogP contribution in [0.1, 0.15) is 27.2 Å². The van der Waals surface area contributed by atoms with Gasteiger partial charge in [-0.15, -0.1) is 0 Å². The lowest BCUT2D eigenvalue weighted by Gasteiger charge is -2.34. The van der Waals surface area contributed by atoms with Crippen molar-refractivity contribution < 1.29 is 9.90 Å². The fourth-order valence-corrected chi connectivity index (χ4v) is 2.36. The summed E-state index contributed by atoms with van der Waals surface area (Å²) in [5.41, 5.74) is 0.905. The van der Waals surface area contributed by atoms with Crippen LogP contribution in [0.25, 0.3) is 0 Å². The maximum Gasteiger partial charge on any atom is 0.323 e. The van der Waals surface area contributed by atoms with Gasteiger partial charge in [0.25, 0.3) is 0 Å². The third kappa shape index (κ3) is 3.91. The summed E-state index contributed by atoms with van der Waals surface area (Å²) >= 11 is 5.86. The zero-order valence-electron chi connectivity index (χ0n) is 11.1. The molecule has 1 N–H and O–H groups in total. The Labute approximate surface area is 113 Å². The molecule has 1 aromatic rings. The Morgan fingerprint density at radius 1 is 1.33 bits per heavy atom. The Kier molecular flexibility index (Phi) is 5.48. The molecule has 0 aromatic heterocycles. The molecule has 3 nitrogen and oxygen atoms in total. The zero-order valence-corrected chi connectivity index (χ0v) is 11.8. The molecule has 0 spiro atoms. The molecule has 0 fully saturated rings. The number of halogens is 1. The third-order valence-electron chi connectivity index (χ3n) is 3.05. The summed E-state index contributed by atoms with van der Waals surface area (Å²) in [5.74, 6) is -0.422. The molecule has 4 heteroatoms. The predicted octanol–water partition coefficient (Wildman–Crippen LogP) is 3.67. The fraction of sp³-hybridized carbons (Fsp3) is 0.500. The second kappa shape index (κ2) is 6.64. The lowest BCUT2D eigenvalue weighted by molar-refractivity contribution is -0.135. The van der Waals surface area contributed by atoms with E-state index < -0.39 is 5.97 Å². The van der Waals surface area contributed by atoms with Gasteiger partial charge in [0.05, 0.1) is 0 Å². The number of carboxylic acid groups (broad SMARTS) is 1. The first-order valence-electron chi connectivity index (χ1n) is 6.19. The quantitative estimate of drug-likeness (QED) is 0.857. The Morgan fingerprint density at radius 2 is 1.89 bits per heavy atom. The van der Waals surface area contributed by atoms with Crippen LogP contribution in [0.4, 0.5) is 5.69 Å². The van der Waals surface area contributed by atoms with E-state index in [1.165, 1.54) is 0 Å². The van der Waals surface area contributed by atoms with Gasteiger partial charge < -0.3 is 10.0 Å². The van der Waals surface area contributed by atoms with E-state index in [4.69, 9.17) is 16.7 Å². The number of hydrogen-bond acceptors (Lipinski definition) is 2. The maximum atomic E-state index is 11.0. The minimum atomic E-state index is -0.816. The number of benzene rings is 1. The fourth-order valence-electron chi connectivity index (χ4n) is 2.23. The minimum Gasteiger partial charge on any atom is -0.480 e. The number of rotatable bonds is 6. The van der Waals surface area contributed by atoms with Gasteiger partial charge in [-0.25, -0.2) is 0 Å². The monoisotopic (exact) mass is 269 g/mol. The molecule has 0 aliphatic rings. The van der Waals surface area contributed by atoms with E-state index in [1.54, 1.807) is 12.1 Å². The largest absolute Gasteiger partial charge is 0.480 e. The summed E-state index contributed by atoms with van der Waals surface area (Å²) in [6.07, 6.45) is 0.910. The molecule has 0 amide bonds. The molecule has 1 atom stereocenters. The molecule has 1 aromatic carbocycles. The van der Waals surface area contributed by atoms with Gasteiger partial charge in [0.15, 0.2) is 0 Å². The first-order chi connectivity index (χ1) is 8.45. The zero-order chi connectivity index (χ0) is 13.7. The van der Waals surface area contributed by atoms with E-state index in [-0.39, 0.29) is 12.6 Å². The van der Waals surface area contributed by atoms with Crippen LogP contribution in [0.5, 0.6) is 0 Å². The SMILES string of the molecule is CCC(C(C)C)N(CC(=O)O)c1ccc(Cl)cc1. The number of nitrogens with zero attached hydrogens (tertiary/aromatic N) is 1. The van der Waals surface area contributed by atoms with E-state index in [1.807, 2.05) is 17.0 Å². The Bertz CT molecular complexity index is 389. The van der Waals surface area contributed by atoms with Gasteiger partial charge in [-0.1, -0.05) is 32.4 Å². The van der Waals surface area contributed by atoms with Gasteiger partial charge >= 0.3 is 5.97 Å². The lowest BCUT2D eigenvalue weighted by Crippen LogP contribution is -2.42. The predicted molar refractivity (Wildman–Crippen MR) is 75.4 cm³/mol. The van der Waals surface area contributed by atoms with Crippen molar-refractivity contribution >= 4 is 23.3 Å². The van der Waals surface area contributed by atoms with E-state index >= 15 is 0 Å². The molecular formula is C14H20ClNO2. The van der Waals surface area contributed by atoms with Gasteiger partial charge in [0.2, 0.25) is 0 Å². The number of aliphatic carboxylic acids is 1. The molecular weight excluding hydrogens is 250 g/mol. The van der Waals surface area contributed by atoms with Crippen LogP contribution < -0.4 is 4.90 Å². The average molecular weight is 270 g/mol. The lowest BCUT2D eigenvalue weighted by atomic mass is 9.99. The average Bonchev–Trinajstić information content (AvgIpc) is 2.28. The molecule has 1 rings (SSSR count). The van der Waals surface area contributed by atoms with Crippen LogP contribution in [0.3, 0.4) is 0 Å². The standard InChI is InChI=1S/C14H20ClNO2/c1-4-13(10(2)3)16(9-14(17)18)12-7-5-11(15)6-8-12/h5-8,10,13H,4,9H2,1-3H3,(H,17,18). The smallest absolute Gasteiger partial charge is 0.323 e. The van der Waals surface area contributed by atoms with Crippen molar-refractivity contribution in [1.29, 1.82) is 0 Å². The maximum absolute atomic E-state index is 11.0. The van der Waals surface area contributed by atoms with E-state index in [0.29, 0.717) is 10.9 Å². The molecule has 0 aliphatic heterocycles. The minimum absolute atomic E-state index is 0.0122. The summed E-state index contributed by atoms with van der Waals surface area (Å²) in [6.45, 7) is 6.31. The van der Waals surface area contributed by atoms with Crippen LogP contribution in [0, 0.1) is 5.92 Å². The highest BCUT2D eigenvalue weighted by atomic mass is 35.5. The Morgan fingerprint density at radius 3 is 2.28 bits per heavy atom. The van der Waals surface area contributed by atoms with E-state index in [2.05, 4.69) is 20.8 Å². The van der Waals surface area contributed by atoms with Crippen molar-refractivity contribution in [2.45, 2.75) is 33.2 Å². The molecule has 0 radical (unpaired) electrons. The van der Waals surface area contributed by atoms with Gasteiger partial charge in [0, 0.05) is 16.8 Å². The first kappa shape index (κ1) is 14.8. The van der Waals surface area contributed by atoms with Crippen LogP contribution in [0.15, 0.2) is 24.3 Å². The highest BCUT2D eigenvalue weighted by Gasteiger charge is 2.22. The number of carboxylic acids is 1. The van der Waals surface area contributed by atoms with E-state index in [0.717, 1.165) is 12.1 Å². The van der Waals surface area contributed by atoms with Crippen LogP contribution in [0.2, 0.25) is 5.02 Å². The summed E-state index contributed by atoms with van der Waals surface area (Å²) in [6, 6.07) is 7.53. The molecule has 0 bridgehead atoms. The number of hydrogen-bond donors (Lipinski definition) is 1. The van der Waals surface area contributed by atoms with Crippen molar-refractivity contribution in [3.63, 3.8) is 0 Å². The molecule has 0 saturated heterocycles. The molecule has 100 valence electrons. The van der Waals surface area contributed by atoms with Gasteiger partial charge in [0.1, 0.15) is 6.54 Å². The molecule has 18 heavy (non-hydrogen) atoms. The normalized spacial score (nSPS) is 12.5. The molecule has 0 aliphatic carbocycles. The van der Waals surface area contributed by atoms with Crippen molar-refractivity contribution in [1.82, 2.24) is 0 Å². The van der Waals surface area contributed by atoms with Crippen molar-refractivity contribution in [3.05, 3.63) is 29.3 Å². The summed E-state index contributed by atoms with van der Waals surface area (Å²) in [7, 11) is 0. The second-order valence-corrected chi connectivity index (χ2v) is 5.15. The second-order valence-electron chi connectivity index (χ2n) is 4.72. The Hall–Kier alpha value is -1.22. The molecule has 0 heterocycles. The summed E-state index contributed by atoms with van der Waals surface area (Å²) < 4.78 is 0. The van der Waals surface area contributed by atoms with Crippen LogP contribution in [-0.2, 0) is 4.79 Å². The van der Waals surface area contributed by atoms with Crippen LogP contribution >= 0.6 is 11.6 Å². The highest BCUT2D eigenvalue weighted by molar-refractivity contribution is 6.30. The van der Waals surface area contributed by atoms with Gasteiger partial charge in [-0.3, -0.25) is 4.79 Å². The molecule has 1 unspecified atom stereocenters. The molecule has 0 saturated carbocycles. The van der Waals surface area contributed by atoms with Crippen molar-refractivity contribution in [3.8, 4) is 0 Å². The van der Waals surface area contributed by atoms with Gasteiger partial charge in [-0.05, 0) is 36.6 Å². The summed E-state index contributed by atoms with van der Waals surface area (Å²) in [4.78, 5) is 13.0. The van der Waals surface area contributed by atoms with Gasteiger partial charge in [-0.2, -0.15) is 0 Å². The van der Waals surface area contributed by atoms with Crippen LogP contribution in [-0.4, -0.2) is 23.7 Å². The first-order valence-corrected chi connectivity index (χ1v) is 6.57. The number of anilines is 1. The summed E-state index contributed by atoms with van der Waals surface area (Å²) in [5, 5.41) is 9.72. The number of carbonyl (C=O) groups is 1. The highest BCUT2D eigenvalue weighted by Crippen LogP contribution is 2.24. The third-order valence-corrected chi connectivity index (χ3v) is 3.30.